The van der Waals surface area contributed by atoms with Crippen LogP contribution in [0.5, 0.6) is 11.5 Å². The molecule has 0 aliphatic heterocycles. The smallest absolute Gasteiger partial charge is 0.315 e. The summed E-state index contributed by atoms with van der Waals surface area (Å²) in [6, 6.07) is 11.4. The van der Waals surface area contributed by atoms with Gasteiger partial charge in [-0.25, -0.2) is 9.18 Å². The third-order valence-corrected chi connectivity index (χ3v) is 4.38. The molecule has 2 rings (SSSR count). The molecular weight excluding hydrogens is 351 g/mol. The molecule has 0 spiro atoms. The summed E-state index contributed by atoms with van der Waals surface area (Å²) in [4.78, 5) is 12.1. The Bertz CT molecular complexity index is 784. The normalized spacial score (nSPS) is 12.8. The first kappa shape index (κ1) is 20.5. The molecule has 0 radical (unpaired) electrons. The molecule has 7 heteroatoms. The van der Waals surface area contributed by atoms with Gasteiger partial charge < -0.3 is 24.8 Å². The third-order valence-electron chi connectivity index (χ3n) is 4.38. The molecule has 2 amide bonds. The van der Waals surface area contributed by atoms with Gasteiger partial charge in [0.25, 0.3) is 0 Å². The minimum atomic E-state index is -0.980. The summed E-state index contributed by atoms with van der Waals surface area (Å²) < 4.78 is 30.0. The molecule has 0 aliphatic carbocycles. The van der Waals surface area contributed by atoms with Crippen molar-refractivity contribution in [2.45, 2.75) is 19.1 Å². The van der Waals surface area contributed by atoms with E-state index in [1.165, 1.54) is 13.2 Å². The molecule has 0 fully saturated rings. The van der Waals surface area contributed by atoms with Gasteiger partial charge in [0.15, 0.2) is 11.5 Å². The van der Waals surface area contributed by atoms with Crippen LogP contribution < -0.4 is 20.1 Å². The molecule has 0 aromatic heterocycles. The van der Waals surface area contributed by atoms with Crippen molar-refractivity contribution in [1.82, 2.24) is 10.6 Å². The molecule has 6 nitrogen and oxygen atoms in total. The number of halogens is 1. The van der Waals surface area contributed by atoms with Crippen LogP contribution in [0.25, 0.3) is 0 Å². The Kier molecular flexibility index (Phi) is 7.01. The lowest BCUT2D eigenvalue weighted by Gasteiger charge is -2.29. The maximum Gasteiger partial charge on any atom is 0.315 e. The molecule has 0 saturated carbocycles. The van der Waals surface area contributed by atoms with E-state index in [0.717, 1.165) is 5.56 Å². The highest BCUT2D eigenvalue weighted by Gasteiger charge is 2.29. The molecule has 146 valence electrons. The van der Waals surface area contributed by atoms with Gasteiger partial charge >= 0.3 is 6.03 Å². The highest BCUT2D eigenvalue weighted by molar-refractivity contribution is 5.74. The van der Waals surface area contributed by atoms with E-state index in [9.17, 15) is 9.18 Å². The quantitative estimate of drug-likeness (QED) is 0.742. The zero-order chi connectivity index (χ0) is 19.9. The van der Waals surface area contributed by atoms with Crippen molar-refractivity contribution in [3.8, 4) is 11.5 Å². The van der Waals surface area contributed by atoms with Gasteiger partial charge in [0.1, 0.15) is 11.4 Å². The van der Waals surface area contributed by atoms with E-state index < -0.39 is 5.60 Å². The van der Waals surface area contributed by atoms with E-state index in [4.69, 9.17) is 14.2 Å². The molecule has 2 N–H and O–H groups in total. The average Bonchev–Trinajstić information content (AvgIpc) is 2.70. The van der Waals surface area contributed by atoms with E-state index in [1.54, 1.807) is 51.5 Å². The lowest BCUT2D eigenvalue weighted by atomic mass is 9.95. The maximum absolute atomic E-state index is 14.1. The summed E-state index contributed by atoms with van der Waals surface area (Å²) in [5.74, 6) is 0.824. The molecule has 2 aromatic rings. The van der Waals surface area contributed by atoms with Crippen molar-refractivity contribution < 1.29 is 23.4 Å². The van der Waals surface area contributed by atoms with Gasteiger partial charge in [-0.05, 0) is 30.7 Å². The Labute approximate surface area is 158 Å². The second kappa shape index (κ2) is 9.23. The Morgan fingerprint density at radius 1 is 1.04 bits per heavy atom. The lowest BCUT2D eigenvalue weighted by Crippen LogP contribution is -2.44. The molecular formula is C20H25FN2O4. The summed E-state index contributed by atoms with van der Waals surface area (Å²) in [7, 11) is 4.59. The number of ether oxygens (including phenoxy) is 3. The van der Waals surface area contributed by atoms with E-state index in [0.29, 0.717) is 23.6 Å². The number of rotatable bonds is 8. The van der Waals surface area contributed by atoms with Crippen molar-refractivity contribution >= 4 is 6.03 Å². The number of hydrogen-bond donors (Lipinski definition) is 2. The second-order valence-electron chi connectivity index (χ2n) is 6.14. The van der Waals surface area contributed by atoms with Gasteiger partial charge in [-0.1, -0.05) is 24.3 Å². The van der Waals surface area contributed by atoms with Crippen LogP contribution in [0, 0.1) is 5.82 Å². The van der Waals surface area contributed by atoms with Crippen LogP contribution in [0.4, 0.5) is 9.18 Å². The lowest BCUT2D eigenvalue weighted by molar-refractivity contribution is 0.00203. The van der Waals surface area contributed by atoms with Crippen LogP contribution in [0.3, 0.4) is 0 Å². The summed E-state index contributed by atoms with van der Waals surface area (Å²) in [5, 5.41) is 5.48. The summed E-state index contributed by atoms with van der Waals surface area (Å²) in [5.41, 5.74) is 0.255. The van der Waals surface area contributed by atoms with Crippen molar-refractivity contribution in [1.29, 1.82) is 0 Å². The van der Waals surface area contributed by atoms with Crippen LogP contribution in [-0.2, 0) is 16.9 Å². The van der Waals surface area contributed by atoms with Gasteiger partial charge in [0.05, 0.1) is 20.8 Å². The zero-order valence-corrected chi connectivity index (χ0v) is 16.0. The molecule has 0 heterocycles. The van der Waals surface area contributed by atoms with E-state index in [-0.39, 0.29) is 18.4 Å². The first-order valence-electron chi connectivity index (χ1n) is 8.46. The van der Waals surface area contributed by atoms with E-state index >= 15 is 0 Å². The van der Waals surface area contributed by atoms with E-state index in [2.05, 4.69) is 10.6 Å². The maximum atomic E-state index is 14.1. The van der Waals surface area contributed by atoms with Crippen molar-refractivity contribution in [3.63, 3.8) is 0 Å². The molecule has 0 bridgehead atoms. The molecule has 0 unspecified atom stereocenters. The molecule has 2 aromatic carbocycles. The predicted molar refractivity (Wildman–Crippen MR) is 101 cm³/mol. The first-order chi connectivity index (χ1) is 12.9. The zero-order valence-electron chi connectivity index (χ0n) is 16.0. The SMILES string of the molecule is COc1ccc(CNC(=O)NC[C@@](C)(OC)c2ccccc2F)cc1OC. The molecule has 0 aliphatic rings. The van der Waals surface area contributed by atoms with Crippen LogP contribution in [-0.4, -0.2) is 33.9 Å². The van der Waals surface area contributed by atoms with Gasteiger partial charge in [-0.2, -0.15) is 0 Å². The Morgan fingerprint density at radius 3 is 2.37 bits per heavy atom. The van der Waals surface area contributed by atoms with Crippen LogP contribution in [0.15, 0.2) is 42.5 Å². The summed E-state index contributed by atoms with van der Waals surface area (Å²) in [6.45, 7) is 2.14. The van der Waals surface area contributed by atoms with Crippen LogP contribution in [0.2, 0.25) is 0 Å². The Hall–Kier alpha value is -2.80. The molecule has 1 atom stereocenters. The number of nitrogens with one attached hydrogen (secondary N) is 2. The van der Waals surface area contributed by atoms with Gasteiger partial charge in [-0.3, -0.25) is 0 Å². The number of amides is 2. The number of hydrogen-bond acceptors (Lipinski definition) is 4. The predicted octanol–water partition coefficient (Wildman–Crippen LogP) is 3.20. The Morgan fingerprint density at radius 2 is 1.74 bits per heavy atom. The largest absolute Gasteiger partial charge is 0.493 e. The fourth-order valence-corrected chi connectivity index (χ4v) is 2.65. The Balaban J connectivity index is 1.95. The summed E-state index contributed by atoms with van der Waals surface area (Å²) >= 11 is 0. The summed E-state index contributed by atoms with van der Waals surface area (Å²) in [6.07, 6.45) is 0. The minimum Gasteiger partial charge on any atom is -0.493 e. The van der Waals surface area contributed by atoms with Crippen LogP contribution >= 0.6 is 0 Å². The number of benzene rings is 2. The number of carbonyl (C=O) groups excluding carboxylic acids is 1. The average molecular weight is 376 g/mol. The minimum absolute atomic E-state index is 0.113. The highest BCUT2D eigenvalue weighted by atomic mass is 19.1. The van der Waals surface area contributed by atoms with Gasteiger partial charge in [0, 0.05) is 19.2 Å². The van der Waals surface area contributed by atoms with Crippen molar-refractivity contribution in [3.05, 3.63) is 59.4 Å². The monoisotopic (exact) mass is 376 g/mol. The fourth-order valence-electron chi connectivity index (χ4n) is 2.65. The topological polar surface area (TPSA) is 68.8 Å². The molecule has 0 saturated heterocycles. The number of carbonyl (C=O) groups is 1. The second-order valence-corrected chi connectivity index (χ2v) is 6.14. The standard InChI is InChI=1S/C20H25FN2O4/c1-20(27-4,15-7-5-6-8-16(15)21)13-23-19(24)22-12-14-9-10-17(25-2)18(11-14)26-3/h5-11H,12-13H2,1-4H3,(H2,22,23,24)/t20-/m1/s1. The number of urea groups is 1. The first-order valence-corrected chi connectivity index (χ1v) is 8.46. The van der Waals surface area contributed by atoms with Crippen molar-refractivity contribution in [2.24, 2.45) is 0 Å². The number of methoxy groups -OCH3 is 3. The molecule has 27 heavy (non-hydrogen) atoms. The van der Waals surface area contributed by atoms with Gasteiger partial charge in [-0.15, -0.1) is 0 Å². The van der Waals surface area contributed by atoms with Crippen LogP contribution in [0.1, 0.15) is 18.1 Å². The van der Waals surface area contributed by atoms with E-state index in [1.807, 2.05) is 6.07 Å². The fraction of sp³-hybridized carbons (Fsp3) is 0.350. The van der Waals surface area contributed by atoms with Crippen molar-refractivity contribution in [2.75, 3.05) is 27.9 Å². The third kappa shape index (κ3) is 5.10. The highest BCUT2D eigenvalue weighted by Crippen LogP contribution is 2.28. The van der Waals surface area contributed by atoms with Gasteiger partial charge in [0.2, 0.25) is 0 Å².